The predicted octanol–water partition coefficient (Wildman–Crippen LogP) is 6.60. The van der Waals surface area contributed by atoms with Gasteiger partial charge in [-0.25, -0.2) is 4.57 Å². The third-order valence-electron chi connectivity index (χ3n) is 5.49. The zero-order valence-electron chi connectivity index (χ0n) is 26.9. The molecule has 12 heteroatoms. The highest BCUT2D eigenvalue weighted by atomic mass is 31.2. The summed E-state index contributed by atoms with van der Waals surface area (Å²) in [6.45, 7) is 2.27. The van der Waals surface area contributed by atoms with Gasteiger partial charge in [-0.2, -0.15) is 0 Å². The van der Waals surface area contributed by atoms with Crippen molar-refractivity contribution in [3.63, 3.8) is 0 Å². The Hall–Kier alpha value is -3.60. The molecule has 0 aromatic heterocycles. The van der Waals surface area contributed by atoms with Gasteiger partial charge in [-0.05, 0) is 38.5 Å². The van der Waals surface area contributed by atoms with Crippen LogP contribution in [0.3, 0.4) is 0 Å². The van der Waals surface area contributed by atoms with E-state index in [1.807, 2.05) is 72.9 Å². The first-order chi connectivity index (χ1) is 22.1. The molecule has 0 radical (unpaired) electrons. The SMILES string of the molecule is CC/C=C/C=C/C=C/C=C/C=C/CCCC(=O)OC(COC(=O)C/C=C/C/C=C/C/C=C/CC)COP(=O)(O)OC[C@H](N)C(=O)O. The number of carbonyl (C=O) groups is 3. The van der Waals surface area contributed by atoms with E-state index < -0.39 is 57.7 Å². The van der Waals surface area contributed by atoms with Crippen LogP contribution in [0, 0.1) is 0 Å². The Balaban J connectivity index is 4.84. The molecular formula is C34H50NO10P. The summed E-state index contributed by atoms with van der Waals surface area (Å²) in [5.74, 6) is -2.65. The van der Waals surface area contributed by atoms with Crippen LogP contribution in [0.25, 0.3) is 0 Å². The predicted molar refractivity (Wildman–Crippen MR) is 180 cm³/mol. The van der Waals surface area contributed by atoms with E-state index >= 15 is 0 Å². The van der Waals surface area contributed by atoms with Crippen LogP contribution in [0.4, 0.5) is 0 Å². The first-order valence-corrected chi connectivity index (χ1v) is 16.8. The highest BCUT2D eigenvalue weighted by Crippen LogP contribution is 2.43. The lowest BCUT2D eigenvalue weighted by molar-refractivity contribution is -0.160. The maximum atomic E-state index is 12.4. The standard InChI is InChI=1S/C34H50NO10P/c1-3-5-7-9-11-13-14-15-16-18-20-22-24-26-33(37)45-30(28-43-46(40,41)44-29-31(35)34(38)39)27-42-32(36)25-23-21-19-17-12-10-8-6-4-2/h5-9,11-18,20-21,23,30-31H,3-4,10,19,22,24-29,35H2,1-2H3,(H,38,39)(H,40,41)/b7-5+,8-6+,11-9+,14-13+,16-15+,17-12+,20-18+,23-21+/t30?,31-/m0/s1. The van der Waals surface area contributed by atoms with E-state index in [0.717, 1.165) is 19.3 Å². The Morgan fingerprint density at radius 3 is 1.87 bits per heavy atom. The first kappa shape index (κ1) is 42.4. The molecule has 0 aromatic rings. The zero-order valence-corrected chi connectivity index (χ0v) is 27.7. The molecule has 0 fully saturated rings. The van der Waals surface area contributed by atoms with Gasteiger partial charge < -0.3 is 25.2 Å². The lowest BCUT2D eigenvalue weighted by Crippen LogP contribution is -2.34. The smallest absolute Gasteiger partial charge is 0.472 e. The number of aliphatic carboxylic acids is 1. The Labute approximate surface area is 273 Å². The van der Waals surface area contributed by atoms with Crippen molar-refractivity contribution in [3.05, 3.63) is 97.2 Å². The minimum atomic E-state index is -4.74. The third-order valence-corrected chi connectivity index (χ3v) is 6.44. The fraction of sp³-hybridized carbons (Fsp3) is 0.441. The van der Waals surface area contributed by atoms with E-state index in [-0.39, 0.29) is 12.8 Å². The van der Waals surface area contributed by atoms with Crippen LogP contribution in [0.1, 0.15) is 65.2 Å². The molecule has 0 aromatic carbocycles. The second-order valence-electron chi connectivity index (χ2n) is 9.61. The van der Waals surface area contributed by atoms with Gasteiger partial charge in [0.25, 0.3) is 0 Å². The first-order valence-electron chi connectivity index (χ1n) is 15.3. The third kappa shape index (κ3) is 27.9. The van der Waals surface area contributed by atoms with Crippen LogP contribution in [-0.4, -0.2) is 59.9 Å². The second-order valence-corrected chi connectivity index (χ2v) is 11.1. The number of ether oxygens (including phenoxy) is 2. The molecule has 0 bridgehead atoms. The van der Waals surface area contributed by atoms with Crippen molar-refractivity contribution < 1.29 is 47.5 Å². The van der Waals surface area contributed by atoms with Crippen LogP contribution in [0.15, 0.2) is 97.2 Å². The highest BCUT2D eigenvalue weighted by molar-refractivity contribution is 7.47. The summed E-state index contributed by atoms with van der Waals surface area (Å²) < 4.78 is 32.1. The molecule has 0 saturated carbocycles. The second kappa shape index (κ2) is 28.8. The van der Waals surface area contributed by atoms with Crippen molar-refractivity contribution in [1.82, 2.24) is 0 Å². The number of rotatable bonds is 26. The van der Waals surface area contributed by atoms with Crippen molar-refractivity contribution in [3.8, 4) is 0 Å². The van der Waals surface area contributed by atoms with Crippen molar-refractivity contribution in [2.24, 2.45) is 5.73 Å². The minimum Gasteiger partial charge on any atom is -0.480 e. The average Bonchev–Trinajstić information content (AvgIpc) is 3.02. The number of esters is 2. The molecule has 0 aliphatic carbocycles. The van der Waals surface area contributed by atoms with Gasteiger partial charge in [0, 0.05) is 6.42 Å². The van der Waals surface area contributed by atoms with Gasteiger partial charge in [-0.1, -0.05) is 111 Å². The summed E-state index contributed by atoms with van der Waals surface area (Å²) in [4.78, 5) is 45.3. The number of hydrogen-bond acceptors (Lipinski definition) is 9. The van der Waals surface area contributed by atoms with E-state index in [0.29, 0.717) is 19.3 Å². The van der Waals surface area contributed by atoms with Crippen molar-refractivity contribution in [1.29, 1.82) is 0 Å². The van der Waals surface area contributed by atoms with Crippen LogP contribution < -0.4 is 5.73 Å². The highest BCUT2D eigenvalue weighted by Gasteiger charge is 2.28. The molecule has 0 saturated heterocycles. The summed E-state index contributed by atoms with van der Waals surface area (Å²) in [6, 6.07) is -1.55. The molecule has 2 unspecified atom stereocenters. The lowest BCUT2D eigenvalue weighted by atomic mass is 10.2. The average molecular weight is 664 g/mol. The Kier molecular flexibility index (Phi) is 26.6. The summed E-state index contributed by atoms with van der Waals surface area (Å²) >= 11 is 0. The molecule has 0 spiro atoms. The number of nitrogens with two attached hydrogens (primary N) is 1. The fourth-order valence-corrected chi connectivity index (χ4v) is 3.87. The van der Waals surface area contributed by atoms with E-state index in [1.165, 1.54) is 0 Å². The van der Waals surface area contributed by atoms with Crippen LogP contribution in [-0.2, 0) is 37.5 Å². The number of allylic oxidation sites excluding steroid dienone is 15. The van der Waals surface area contributed by atoms with Gasteiger partial charge in [0.2, 0.25) is 0 Å². The van der Waals surface area contributed by atoms with Gasteiger partial charge in [0.1, 0.15) is 12.6 Å². The topological polar surface area (TPSA) is 172 Å². The number of hydrogen-bond donors (Lipinski definition) is 3. The van der Waals surface area contributed by atoms with Gasteiger partial charge in [-0.15, -0.1) is 0 Å². The number of unbranched alkanes of at least 4 members (excludes halogenated alkanes) is 1. The Morgan fingerprint density at radius 2 is 1.26 bits per heavy atom. The van der Waals surface area contributed by atoms with Crippen LogP contribution in [0.5, 0.6) is 0 Å². The van der Waals surface area contributed by atoms with E-state index in [9.17, 15) is 23.8 Å². The molecular weight excluding hydrogens is 613 g/mol. The van der Waals surface area contributed by atoms with Gasteiger partial charge in [0.15, 0.2) is 6.10 Å². The maximum absolute atomic E-state index is 12.4. The monoisotopic (exact) mass is 663 g/mol. The van der Waals surface area contributed by atoms with E-state index in [2.05, 4.69) is 36.6 Å². The zero-order chi connectivity index (χ0) is 34.3. The summed E-state index contributed by atoms with van der Waals surface area (Å²) in [7, 11) is -4.74. The molecule has 0 heterocycles. The van der Waals surface area contributed by atoms with E-state index in [4.69, 9.17) is 24.8 Å². The number of carboxylic acid groups (broad SMARTS) is 1. The minimum absolute atomic E-state index is 0.0244. The van der Waals surface area contributed by atoms with Crippen LogP contribution in [0.2, 0.25) is 0 Å². The van der Waals surface area contributed by atoms with E-state index in [1.54, 1.807) is 6.08 Å². The number of phosphoric ester groups is 1. The summed E-state index contributed by atoms with van der Waals surface area (Å²) in [6.07, 6.45) is 34.2. The maximum Gasteiger partial charge on any atom is 0.472 e. The molecule has 0 aliphatic heterocycles. The molecule has 3 atom stereocenters. The number of carbonyl (C=O) groups excluding carboxylic acids is 2. The van der Waals surface area contributed by atoms with Gasteiger partial charge >= 0.3 is 25.7 Å². The normalized spacial score (nSPS) is 15.4. The Morgan fingerprint density at radius 1 is 0.717 bits per heavy atom. The molecule has 0 rings (SSSR count). The Bertz CT molecular complexity index is 1150. The number of phosphoric acid groups is 1. The van der Waals surface area contributed by atoms with Crippen molar-refractivity contribution in [2.45, 2.75) is 77.4 Å². The van der Waals surface area contributed by atoms with Crippen LogP contribution >= 0.6 is 7.82 Å². The van der Waals surface area contributed by atoms with Crippen molar-refractivity contribution in [2.75, 3.05) is 19.8 Å². The fourth-order valence-electron chi connectivity index (χ4n) is 3.09. The molecule has 4 N–H and O–H groups in total. The van der Waals surface area contributed by atoms with Gasteiger partial charge in [0.05, 0.1) is 19.6 Å². The molecule has 0 amide bonds. The largest absolute Gasteiger partial charge is 0.480 e. The molecule has 0 aliphatic rings. The summed E-state index contributed by atoms with van der Waals surface area (Å²) in [5, 5.41) is 8.81. The lowest BCUT2D eigenvalue weighted by Gasteiger charge is -2.20. The van der Waals surface area contributed by atoms with Crippen molar-refractivity contribution >= 4 is 25.7 Å². The molecule has 11 nitrogen and oxygen atoms in total. The van der Waals surface area contributed by atoms with Gasteiger partial charge in [-0.3, -0.25) is 23.4 Å². The summed E-state index contributed by atoms with van der Waals surface area (Å²) in [5.41, 5.74) is 5.27. The molecule has 256 valence electrons. The molecule has 46 heavy (non-hydrogen) atoms. The number of carboxylic acids is 1. The quantitative estimate of drug-likeness (QED) is 0.0299.